The Morgan fingerprint density at radius 1 is 1.32 bits per heavy atom. The summed E-state index contributed by atoms with van der Waals surface area (Å²) in [5.74, 6) is 0.138. The molecule has 1 atom stereocenters. The van der Waals surface area contributed by atoms with E-state index in [0.29, 0.717) is 36.2 Å². The molecule has 1 aliphatic heterocycles. The molecule has 3 rings (SSSR count). The molecule has 1 aromatic heterocycles. The van der Waals surface area contributed by atoms with Gasteiger partial charge < -0.3 is 20.3 Å². The molecule has 0 aliphatic carbocycles. The lowest BCUT2D eigenvalue weighted by Crippen LogP contribution is -2.40. The van der Waals surface area contributed by atoms with Crippen molar-refractivity contribution in [2.24, 2.45) is 4.99 Å². The van der Waals surface area contributed by atoms with Gasteiger partial charge in [0.2, 0.25) is 5.91 Å². The Kier molecular flexibility index (Phi) is 7.62. The van der Waals surface area contributed by atoms with E-state index in [1.54, 1.807) is 18.7 Å². The molecule has 1 aliphatic rings. The molecule has 0 fully saturated rings. The highest BCUT2D eigenvalue weighted by Crippen LogP contribution is 2.27. The number of aliphatic imine (C=N–C) groups is 1. The molecule has 8 nitrogen and oxygen atoms in total. The molecule has 1 aromatic carbocycles. The molecule has 2 N–H and O–H groups in total. The number of amides is 1. The molecule has 166 valence electrons. The monoisotopic (exact) mass is 443 g/mol. The molecular formula is C22H29N5O3S. The van der Waals surface area contributed by atoms with Crippen LogP contribution in [0, 0.1) is 6.92 Å². The third-order valence-electron chi connectivity index (χ3n) is 4.90. The first kappa shape index (κ1) is 22.7. The van der Waals surface area contributed by atoms with E-state index in [2.05, 4.69) is 26.7 Å². The molecule has 0 radical (unpaired) electrons. The Morgan fingerprint density at radius 3 is 2.84 bits per heavy atom. The first-order valence-electron chi connectivity index (χ1n) is 10.5. The van der Waals surface area contributed by atoms with E-state index in [1.165, 1.54) is 16.9 Å². The van der Waals surface area contributed by atoms with Crippen LogP contribution in [0.25, 0.3) is 0 Å². The largest absolute Gasteiger partial charge is 0.462 e. The minimum Gasteiger partial charge on any atom is -0.462 e. The van der Waals surface area contributed by atoms with Crippen LogP contribution in [0.4, 0.5) is 5.69 Å². The van der Waals surface area contributed by atoms with Crippen LogP contribution in [-0.2, 0) is 16.0 Å². The van der Waals surface area contributed by atoms with E-state index in [9.17, 15) is 9.59 Å². The van der Waals surface area contributed by atoms with Crippen LogP contribution in [-0.4, -0.2) is 49.1 Å². The Bertz CT molecular complexity index is 972. The number of aryl methyl sites for hydroxylation is 1. The number of hydrogen-bond donors (Lipinski definition) is 2. The summed E-state index contributed by atoms with van der Waals surface area (Å²) < 4.78 is 5.09. The van der Waals surface area contributed by atoms with Gasteiger partial charge in [-0.1, -0.05) is 18.2 Å². The Balaban J connectivity index is 1.67. The summed E-state index contributed by atoms with van der Waals surface area (Å²) in [5.41, 5.74) is 2.81. The normalized spacial score (nSPS) is 14.2. The number of nitrogens with one attached hydrogen (secondary N) is 2. The van der Waals surface area contributed by atoms with Gasteiger partial charge in [-0.05, 0) is 45.7 Å². The minimum absolute atomic E-state index is 0.0375. The predicted molar refractivity (Wildman–Crippen MR) is 123 cm³/mol. The fourth-order valence-corrected chi connectivity index (χ4v) is 4.37. The van der Waals surface area contributed by atoms with Gasteiger partial charge in [0.05, 0.1) is 18.3 Å². The van der Waals surface area contributed by atoms with Crippen molar-refractivity contribution < 1.29 is 14.3 Å². The van der Waals surface area contributed by atoms with Crippen LogP contribution in [0.2, 0.25) is 0 Å². The molecule has 2 heterocycles. The lowest BCUT2D eigenvalue weighted by Gasteiger charge is -2.18. The number of ether oxygens (including phenoxy) is 1. The van der Waals surface area contributed by atoms with Crippen LogP contribution < -0.4 is 15.5 Å². The first-order valence-corrected chi connectivity index (χ1v) is 11.3. The van der Waals surface area contributed by atoms with Crippen molar-refractivity contribution in [3.05, 3.63) is 45.4 Å². The van der Waals surface area contributed by atoms with E-state index in [-0.39, 0.29) is 24.5 Å². The molecule has 0 spiro atoms. The van der Waals surface area contributed by atoms with Gasteiger partial charge in [-0.15, -0.1) is 11.3 Å². The molecular weight excluding hydrogens is 414 g/mol. The lowest BCUT2D eigenvalue weighted by molar-refractivity contribution is -0.117. The van der Waals surface area contributed by atoms with Crippen molar-refractivity contribution in [2.45, 2.75) is 40.2 Å². The minimum atomic E-state index is -0.354. The maximum Gasteiger partial charge on any atom is 0.350 e. The fraction of sp³-hybridized carbons (Fsp3) is 0.455. The van der Waals surface area contributed by atoms with E-state index < -0.39 is 0 Å². The summed E-state index contributed by atoms with van der Waals surface area (Å²) >= 11 is 1.31. The number of esters is 1. The molecule has 1 amide bonds. The standard InChI is InChI=1S/C22H29N5O3S/c1-5-23-22(24-13-18(28)27-12-11-16-9-7-8-10-17(16)27)26-15(4)20-25-14(3)19(31-20)21(29)30-6-2/h7-10,15H,5-6,11-13H2,1-4H3,(H2,23,24,26). The summed E-state index contributed by atoms with van der Waals surface area (Å²) in [6, 6.07) is 7.78. The van der Waals surface area contributed by atoms with Crippen molar-refractivity contribution in [1.82, 2.24) is 15.6 Å². The number of fused-ring (bicyclic) bond motifs is 1. The first-order chi connectivity index (χ1) is 14.9. The second-order valence-electron chi connectivity index (χ2n) is 7.17. The summed E-state index contributed by atoms with van der Waals surface area (Å²) in [4.78, 5) is 36.1. The maximum atomic E-state index is 12.8. The van der Waals surface area contributed by atoms with Crippen molar-refractivity contribution >= 4 is 34.9 Å². The van der Waals surface area contributed by atoms with Crippen LogP contribution in [0.15, 0.2) is 29.3 Å². The number of nitrogens with zero attached hydrogens (tertiary/aromatic N) is 3. The summed E-state index contributed by atoms with van der Waals surface area (Å²) in [6.07, 6.45) is 0.868. The van der Waals surface area contributed by atoms with E-state index in [0.717, 1.165) is 17.1 Å². The molecule has 1 unspecified atom stereocenters. The number of guanidine groups is 1. The Morgan fingerprint density at radius 2 is 2.10 bits per heavy atom. The number of thiazole rings is 1. The molecule has 0 saturated carbocycles. The van der Waals surface area contributed by atoms with Gasteiger partial charge in [-0.3, -0.25) is 4.79 Å². The number of benzene rings is 1. The van der Waals surface area contributed by atoms with Crippen LogP contribution in [0.3, 0.4) is 0 Å². The van der Waals surface area contributed by atoms with E-state index >= 15 is 0 Å². The fourth-order valence-electron chi connectivity index (χ4n) is 3.40. The molecule has 31 heavy (non-hydrogen) atoms. The van der Waals surface area contributed by atoms with Crippen LogP contribution >= 0.6 is 11.3 Å². The van der Waals surface area contributed by atoms with Gasteiger partial charge in [0.1, 0.15) is 16.4 Å². The summed E-state index contributed by atoms with van der Waals surface area (Å²) in [7, 11) is 0. The van der Waals surface area contributed by atoms with Crippen molar-refractivity contribution in [3.8, 4) is 0 Å². The zero-order valence-electron chi connectivity index (χ0n) is 18.4. The average molecular weight is 444 g/mol. The third kappa shape index (κ3) is 5.41. The topological polar surface area (TPSA) is 95.9 Å². The summed E-state index contributed by atoms with van der Waals surface area (Å²) in [6.45, 7) is 9.19. The molecule has 0 bridgehead atoms. The number of carbonyl (C=O) groups is 2. The van der Waals surface area contributed by atoms with Gasteiger partial charge in [-0.25, -0.2) is 14.8 Å². The molecule has 0 saturated heterocycles. The Hall–Kier alpha value is -2.94. The Labute approximate surface area is 186 Å². The van der Waals surface area contributed by atoms with Crippen LogP contribution in [0.1, 0.15) is 52.7 Å². The van der Waals surface area contributed by atoms with Gasteiger partial charge >= 0.3 is 5.97 Å². The van der Waals surface area contributed by atoms with E-state index in [4.69, 9.17) is 4.74 Å². The SMILES string of the molecule is CCNC(=NCC(=O)N1CCc2ccccc21)NC(C)c1nc(C)c(C(=O)OCC)s1. The van der Waals surface area contributed by atoms with E-state index in [1.807, 2.05) is 32.0 Å². The van der Waals surface area contributed by atoms with Crippen molar-refractivity contribution in [1.29, 1.82) is 0 Å². The second-order valence-corrected chi connectivity index (χ2v) is 8.20. The zero-order valence-corrected chi connectivity index (χ0v) is 19.2. The summed E-state index contributed by atoms with van der Waals surface area (Å²) in [5, 5.41) is 7.20. The van der Waals surface area contributed by atoms with Gasteiger partial charge in [0.15, 0.2) is 5.96 Å². The maximum absolute atomic E-state index is 12.8. The lowest BCUT2D eigenvalue weighted by atomic mass is 10.2. The second kappa shape index (κ2) is 10.4. The highest BCUT2D eigenvalue weighted by molar-refractivity contribution is 7.13. The van der Waals surface area contributed by atoms with Gasteiger partial charge in [-0.2, -0.15) is 0 Å². The van der Waals surface area contributed by atoms with Crippen LogP contribution in [0.5, 0.6) is 0 Å². The van der Waals surface area contributed by atoms with Crippen molar-refractivity contribution in [3.63, 3.8) is 0 Å². The van der Waals surface area contributed by atoms with Crippen molar-refractivity contribution in [2.75, 3.05) is 31.1 Å². The highest BCUT2D eigenvalue weighted by Gasteiger charge is 2.24. The quantitative estimate of drug-likeness (QED) is 0.388. The molecule has 2 aromatic rings. The zero-order chi connectivity index (χ0) is 22.4. The smallest absolute Gasteiger partial charge is 0.350 e. The number of anilines is 1. The van der Waals surface area contributed by atoms with Gasteiger partial charge in [0, 0.05) is 18.8 Å². The highest BCUT2D eigenvalue weighted by atomic mass is 32.1. The average Bonchev–Trinajstić information content (AvgIpc) is 3.36. The number of hydrogen-bond acceptors (Lipinski definition) is 6. The predicted octanol–water partition coefficient (Wildman–Crippen LogP) is 2.83. The third-order valence-corrected chi connectivity index (χ3v) is 6.22. The van der Waals surface area contributed by atoms with Gasteiger partial charge in [0.25, 0.3) is 0 Å². The molecule has 9 heteroatoms. The number of carbonyl (C=O) groups excluding carboxylic acids is 2. The number of aromatic nitrogens is 1. The number of para-hydroxylation sites is 1. The number of rotatable bonds is 7.